The minimum Gasteiger partial charge on any atom is -0.354 e. The number of benzene rings is 1. The van der Waals surface area contributed by atoms with E-state index in [9.17, 15) is 4.79 Å². The molecule has 0 unspecified atom stereocenters. The predicted molar refractivity (Wildman–Crippen MR) is 68.6 cm³/mol. The molecule has 3 nitrogen and oxygen atoms in total. The maximum atomic E-state index is 11.5. The second-order valence-corrected chi connectivity index (χ2v) is 4.93. The Morgan fingerprint density at radius 2 is 2.12 bits per heavy atom. The van der Waals surface area contributed by atoms with E-state index in [4.69, 9.17) is 0 Å². The maximum Gasteiger partial charge on any atom is 0.220 e. The molecule has 1 aromatic carbocycles. The van der Waals surface area contributed by atoms with Crippen molar-refractivity contribution in [3.8, 4) is 0 Å². The van der Waals surface area contributed by atoms with Gasteiger partial charge < -0.3 is 10.6 Å². The molecule has 0 saturated carbocycles. The van der Waals surface area contributed by atoms with Crippen molar-refractivity contribution >= 4 is 5.91 Å². The van der Waals surface area contributed by atoms with Crippen molar-refractivity contribution in [3.05, 3.63) is 34.9 Å². The van der Waals surface area contributed by atoms with E-state index in [1.165, 1.54) is 16.7 Å². The molecule has 0 saturated heterocycles. The third-order valence-electron chi connectivity index (χ3n) is 2.99. The number of hydrogen-bond acceptors (Lipinski definition) is 2. The number of hydrogen-bond donors (Lipinski definition) is 2. The molecule has 0 radical (unpaired) electrons. The average Bonchev–Trinajstić information content (AvgIpc) is 2.72. The van der Waals surface area contributed by atoms with Crippen LogP contribution in [0.4, 0.5) is 0 Å². The highest BCUT2D eigenvalue weighted by Gasteiger charge is 2.10. The first kappa shape index (κ1) is 12.1. The molecule has 3 heteroatoms. The Balaban J connectivity index is 1.89. The molecule has 2 rings (SSSR count). The Morgan fingerprint density at radius 1 is 1.35 bits per heavy atom. The van der Waals surface area contributed by atoms with Crippen LogP contribution in [0.1, 0.15) is 37.0 Å². The molecule has 1 aromatic rings. The van der Waals surface area contributed by atoms with Gasteiger partial charge in [-0.25, -0.2) is 0 Å². The normalized spacial score (nSPS) is 13.8. The zero-order valence-corrected chi connectivity index (χ0v) is 10.5. The highest BCUT2D eigenvalue weighted by molar-refractivity contribution is 5.76. The SMILES string of the molecule is CC(C)NC(=O)CCc1ccc2c(c1)CNC2. The van der Waals surface area contributed by atoms with Crippen molar-refractivity contribution in [3.63, 3.8) is 0 Å². The van der Waals surface area contributed by atoms with Gasteiger partial charge >= 0.3 is 0 Å². The fourth-order valence-corrected chi connectivity index (χ4v) is 2.16. The van der Waals surface area contributed by atoms with E-state index < -0.39 is 0 Å². The van der Waals surface area contributed by atoms with E-state index in [1.807, 2.05) is 13.8 Å². The zero-order chi connectivity index (χ0) is 12.3. The lowest BCUT2D eigenvalue weighted by molar-refractivity contribution is -0.121. The van der Waals surface area contributed by atoms with Crippen LogP contribution in [0.25, 0.3) is 0 Å². The van der Waals surface area contributed by atoms with Crippen molar-refractivity contribution in [1.82, 2.24) is 10.6 Å². The predicted octanol–water partition coefficient (Wildman–Crippen LogP) is 1.75. The summed E-state index contributed by atoms with van der Waals surface area (Å²) >= 11 is 0. The number of aryl methyl sites for hydroxylation is 1. The van der Waals surface area contributed by atoms with Gasteiger partial charge in [-0.2, -0.15) is 0 Å². The van der Waals surface area contributed by atoms with Gasteiger partial charge in [-0.05, 0) is 37.0 Å². The molecule has 1 aliphatic heterocycles. The highest BCUT2D eigenvalue weighted by Crippen LogP contribution is 2.17. The first-order valence-corrected chi connectivity index (χ1v) is 6.26. The summed E-state index contributed by atoms with van der Waals surface area (Å²) in [7, 11) is 0. The third-order valence-corrected chi connectivity index (χ3v) is 2.99. The topological polar surface area (TPSA) is 41.1 Å². The van der Waals surface area contributed by atoms with Gasteiger partial charge in [-0.1, -0.05) is 18.2 Å². The molecular weight excluding hydrogens is 212 g/mol. The van der Waals surface area contributed by atoms with Gasteiger partial charge in [-0.15, -0.1) is 0 Å². The minimum absolute atomic E-state index is 0.138. The van der Waals surface area contributed by atoms with Crippen molar-refractivity contribution < 1.29 is 4.79 Å². The second-order valence-electron chi connectivity index (χ2n) is 4.93. The summed E-state index contributed by atoms with van der Waals surface area (Å²) in [6.07, 6.45) is 1.40. The van der Waals surface area contributed by atoms with E-state index in [-0.39, 0.29) is 11.9 Å². The summed E-state index contributed by atoms with van der Waals surface area (Å²) in [4.78, 5) is 11.5. The Morgan fingerprint density at radius 3 is 2.88 bits per heavy atom. The largest absolute Gasteiger partial charge is 0.354 e. The summed E-state index contributed by atoms with van der Waals surface area (Å²) in [5, 5.41) is 6.24. The van der Waals surface area contributed by atoms with Crippen LogP contribution in [0.2, 0.25) is 0 Å². The molecular formula is C14H20N2O. The average molecular weight is 232 g/mol. The fourth-order valence-electron chi connectivity index (χ4n) is 2.16. The molecule has 0 atom stereocenters. The fraction of sp³-hybridized carbons (Fsp3) is 0.500. The number of carbonyl (C=O) groups excluding carboxylic acids is 1. The summed E-state index contributed by atoms with van der Waals surface area (Å²) < 4.78 is 0. The van der Waals surface area contributed by atoms with Crippen LogP contribution in [0.3, 0.4) is 0 Å². The van der Waals surface area contributed by atoms with Gasteiger partial charge in [0.05, 0.1) is 0 Å². The molecule has 1 aliphatic rings. The van der Waals surface area contributed by atoms with Gasteiger partial charge in [0.15, 0.2) is 0 Å². The molecule has 0 aromatic heterocycles. The number of rotatable bonds is 4. The molecule has 2 N–H and O–H groups in total. The van der Waals surface area contributed by atoms with Crippen molar-refractivity contribution in [1.29, 1.82) is 0 Å². The second kappa shape index (κ2) is 5.32. The zero-order valence-electron chi connectivity index (χ0n) is 10.5. The number of nitrogens with one attached hydrogen (secondary N) is 2. The number of carbonyl (C=O) groups is 1. The Bertz CT molecular complexity index is 413. The third kappa shape index (κ3) is 3.30. The lowest BCUT2D eigenvalue weighted by Crippen LogP contribution is -2.30. The minimum atomic E-state index is 0.138. The van der Waals surface area contributed by atoms with Crippen molar-refractivity contribution in [2.24, 2.45) is 0 Å². The van der Waals surface area contributed by atoms with Gasteiger partial charge in [-0.3, -0.25) is 4.79 Å². The number of fused-ring (bicyclic) bond motifs is 1. The van der Waals surface area contributed by atoms with Crippen LogP contribution in [0.5, 0.6) is 0 Å². The lowest BCUT2D eigenvalue weighted by Gasteiger charge is -2.08. The van der Waals surface area contributed by atoms with Gasteiger partial charge in [0.2, 0.25) is 5.91 Å². The van der Waals surface area contributed by atoms with Crippen LogP contribution in [0, 0.1) is 0 Å². The van der Waals surface area contributed by atoms with Crippen molar-refractivity contribution in [2.45, 2.75) is 45.8 Å². The van der Waals surface area contributed by atoms with E-state index >= 15 is 0 Å². The molecule has 0 aliphatic carbocycles. The molecule has 1 heterocycles. The summed E-state index contributed by atoms with van der Waals surface area (Å²) in [6.45, 7) is 5.91. The standard InChI is InChI=1S/C14H20N2O/c1-10(2)16-14(17)6-4-11-3-5-12-8-15-9-13(12)7-11/h3,5,7,10,15H,4,6,8-9H2,1-2H3,(H,16,17). The van der Waals surface area contributed by atoms with E-state index in [0.29, 0.717) is 6.42 Å². The number of amides is 1. The molecule has 0 spiro atoms. The quantitative estimate of drug-likeness (QED) is 0.830. The van der Waals surface area contributed by atoms with Crippen LogP contribution in [-0.2, 0) is 24.3 Å². The summed E-state index contributed by atoms with van der Waals surface area (Å²) in [5.74, 6) is 0.138. The lowest BCUT2D eigenvalue weighted by atomic mass is 10.0. The monoisotopic (exact) mass is 232 g/mol. The van der Waals surface area contributed by atoms with Gasteiger partial charge in [0.1, 0.15) is 0 Å². The molecule has 17 heavy (non-hydrogen) atoms. The van der Waals surface area contributed by atoms with Crippen LogP contribution >= 0.6 is 0 Å². The Hall–Kier alpha value is -1.35. The maximum absolute atomic E-state index is 11.5. The van der Waals surface area contributed by atoms with Gasteiger partial charge in [0.25, 0.3) is 0 Å². The molecule has 92 valence electrons. The smallest absolute Gasteiger partial charge is 0.220 e. The van der Waals surface area contributed by atoms with E-state index in [2.05, 4.69) is 28.8 Å². The van der Waals surface area contributed by atoms with Crippen molar-refractivity contribution in [2.75, 3.05) is 0 Å². The van der Waals surface area contributed by atoms with Crippen LogP contribution in [-0.4, -0.2) is 11.9 Å². The molecule has 0 fully saturated rings. The highest BCUT2D eigenvalue weighted by atomic mass is 16.1. The summed E-state index contributed by atoms with van der Waals surface area (Å²) in [6, 6.07) is 6.75. The molecule has 0 bridgehead atoms. The van der Waals surface area contributed by atoms with Crippen LogP contribution < -0.4 is 10.6 Å². The van der Waals surface area contributed by atoms with E-state index in [0.717, 1.165) is 19.5 Å². The van der Waals surface area contributed by atoms with E-state index in [1.54, 1.807) is 0 Å². The Kier molecular flexibility index (Phi) is 3.79. The first-order chi connectivity index (χ1) is 8.15. The Labute approximate surface area is 103 Å². The summed E-state index contributed by atoms with van der Waals surface area (Å²) in [5.41, 5.74) is 4.03. The first-order valence-electron chi connectivity index (χ1n) is 6.26. The van der Waals surface area contributed by atoms with Crippen LogP contribution in [0.15, 0.2) is 18.2 Å². The van der Waals surface area contributed by atoms with Gasteiger partial charge in [0, 0.05) is 25.6 Å². The molecule has 1 amide bonds.